The van der Waals surface area contributed by atoms with E-state index in [9.17, 15) is 14.4 Å². The molecular weight excluding hydrogens is 534 g/mol. The first-order chi connectivity index (χ1) is 20.4. The normalized spacial score (nSPS) is 15.3. The number of aromatic nitrogens is 2. The number of anilines is 1. The molecule has 0 radical (unpaired) electrons. The molecular formula is C31H27N7O4. The first kappa shape index (κ1) is 26.6. The molecule has 3 aromatic carbocycles. The summed E-state index contributed by atoms with van der Waals surface area (Å²) < 4.78 is 4.58. The summed E-state index contributed by atoms with van der Waals surface area (Å²) in [5.74, 6) is -0.253. The fourth-order valence-corrected chi connectivity index (χ4v) is 5.30. The van der Waals surface area contributed by atoms with E-state index in [2.05, 4.69) is 20.0 Å². The van der Waals surface area contributed by atoms with Gasteiger partial charge in [0, 0.05) is 23.9 Å². The zero-order valence-corrected chi connectivity index (χ0v) is 22.7. The molecule has 0 bridgehead atoms. The van der Waals surface area contributed by atoms with Crippen molar-refractivity contribution < 1.29 is 19.1 Å². The summed E-state index contributed by atoms with van der Waals surface area (Å²) in [6.45, 7) is 0.737. The van der Waals surface area contributed by atoms with Crippen LogP contribution in [-0.4, -0.2) is 50.7 Å². The average Bonchev–Trinajstić information content (AvgIpc) is 3.56. The van der Waals surface area contributed by atoms with Gasteiger partial charge >= 0.3 is 6.09 Å². The maximum atomic E-state index is 14.1. The van der Waals surface area contributed by atoms with E-state index in [1.807, 2.05) is 66.7 Å². The van der Waals surface area contributed by atoms with Gasteiger partial charge in [-0.25, -0.2) is 19.8 Å². The molecule has 0 unspecified atom stereocenters. The fraction of sp³-hybridized carbons (Fsp3) is 0.161. The molecule has 2 aliphatic heterocycles. The van der Waals surface area contributed by atoms with Crippen LogP contribution in [0.15, 0.2) is 96.1 Å². The molecule has 210 valence electrons. The number of rotatable bonds is 6. The summed E-state index contributed by atoms with van der Waals surface area (Å²) in [4.78, 5) is 55.4. The Hall–Kier alpha value is -5.58. The monoisotopic (exact) mass is 561 g/mol. The minimum atomic E-state index is -1.30. The standard InChI is InChI=1S/C31H27N7O4/c1-42-30(41)35-29-33-16-22-18-37(19-25(22)34-29)26(39)21-10-8-9-20(15-21)17-38-27(40)31(36-28(38)32,23-11-4-2-5-12-23)24-13-6-3-7-14-24/h2-16H,17-19H2,1H3,(H2,32,36)(H,33,34,35,41). The van der Waals surface area contributed by atoms with Crippen molar-refractivity contribution in [2.75, 3.05) is 12.4 Å². The van der Waals surface area contributed by atoms with Crippen molar-refractivity contribution in [3.05, 3.63) is 125 Å². The van der Waals surface area contributed by atoms with E-state index in [4.69, 9.17) is 10.7 Å². The number of guanidine groups is 1. The van der Waals surface area contributed by atoms with Crippen LogP contribution in [0.2, 0.25) is 0 Å². The lowest BCUT2D eigenvalue weighted by Gasteiger charge is -2.27. The van der Waals surface area contributed by atoms with Crippen molar-refractivity contribution in [1.82, 2.24) is 19.8 Å². The highest BCUT2D eigenvalue weighted by Gasteiger charge is 2.50. The van der Waals surface area contributed by atoms with Crippen LogP contribution in [0, 0.1) is 0 Å². The number of nitrogens with one attached hydrogen (secondary N) is 1. The predicted molar refractivity (Wildman–Crippen MR) is 154 cm³/mol. The minimum absolute atomic E-state index is 0.105. The van der Waals surface area contributed by atoms with E-state index in [0.717, 1.165) is 22.3 Å². The molecule has 3 heterocycles. The number of nitrogens with two attached hydrogens (primary N) is 1. The van der Waals surface area contributed by atoms with Crippen LogP contribution < -0.4 is 11.1 Å². The second-order valence-electron chi connectivity index (χ2n) is 9.95. The molecule has 11 heteroatoms. The van der Waals surface area contributed by atoms with E-state index in [-0.39, 0.29) is 36.8 Å². The van der Waals surface area contributed by atoms with E-state index in [1.165, 1.54) is 12.0 Å². The number of fused-ring (bicyclic) bond motifs is 1. The van der Waals surface area contributed by atoms with Gasteiger partial charge in [0.25, 0.3) is 11.8 Å². The lowest BCUT2D eigenvalue weighted by molar-refractivity contribution is -0.130. The molecule has 0 saturated heterocycles. The first-order valence-electron chi connectivity index (χ1n) is 13.3. The van der Waals surface area contributed by atoms with Crippen LogP contribution in [0.4, 0.5) is 10.7 Å². The third-order valence-corrected chi connectivity index (χ3v) is 7.35. The van der Waals surface area contributed by atoms with Gasteiger partial charge in [-0.2, -0.15) is 0 Å². The van der Waals surface area contributed by atoms with Gasteiger partial charge < -0.3 is 15.4 Å². The van der Waals surface area contributed by atoms with Crippen LogP contribution in [0.5, 0.6) is 0 Å². The molecule has 0 aliphatic carbocycles. The number of amides is 3. The molecule has 0 atom stereocenters. The van der Waals surface area contributed by atoms with Crippen molar-refractivity contribution in [3.8, 4) is 0 Å². The molecule has 11 nitrogen and oxygen atoms in total. The Bertz CT molecular complexity index is 1670. The lowest BCUT2D eigenvalue weighted by Crippen LogP contribution is -2.43. The summed E-state index contributed by atoms with van der Waals surface area (Å²) in [6.07, 6.45) is 0.911. The van der Waals surface area contributed by atoms with Gasteiger partial charge in [-0.3, -0.25) is 19.8 Å². The highest BCUT2D eigenvalue weighted by molar-refractivity contribution is 6.09. The van der Waals surface area contributed by atoms with Crippen molar-refractivity contribution in [2.45, 2.75) is 25.2 Å². The van der Waals surface area contributed by atoms with E-state index in [0.29, 0.717) is 17.8 Å². The predicted octanol–water partition coefficient (Wildman–Crippen LogP) is 3.41. The SMILES string of the molecule is COC(=O)Nc1ncc2c(n1)CN(C(=O)c1cccc(CN3C(=O)C(c4ccccc4)(c4ccccc4)N=C3N)c1)C2. The van der Waals surface area contributed by atoms with E-state index >= 15 is 0 Å². The Morgan fingerprint density at radius 3 is 2.33 bits per heavy atom. The molecule has 2 aliphatic rings. The zero-order chi connectivity index (χ0) is 29.3. The smallest absolute Gasteiger partial charge is 0.413 e. The van der Waals surface area contributed by atoms with Gasteiger partial charge in [0.15, 0.2) is 11.5 Å². The third kappa shape index (κ3) is 4.70. The van der Waals surface area contributed by atoms with Crippen LogP contribution in [0.25, 0.3) is 0 Å². The summed E-state index contributed by atoms with van der Waals surface area (Å²) in [5, 5.41) is 2.43. The molecule has 3 N–H and O–H groups in total. The molecule has 1 aromatic heterocycles. The number of ether oxygens (including phenoxy) is 1. The van der Waals surface area contributed by atoms with Crippen molar-refractivity contribution >= 4 is 29.8 Å². The van der Waals surface area contributed by atoms with Gasteiger partial charge in [-0.05, 0) is 28.8 Å². The fourth-order valence-electron chi connectivity index (χ4n) is 5.30. The van der Waals surface area contributed by atoms with Crippen molar-refractivity contribution in [1.29, 1.82) is 0 Å². The Labute approximate surface area is 241 Å². The van der Waals surface area contributed by atoms with Gasteiger partial charge in [0.1, 0.15) is 0 Å². The summed E-state index contributed by atoms with van der Waals surface area (Å²) in [5.41, 5.74) is 9.16. The third-order valence-electron chi connectivity index (χ3n) is 7.35. The number of hydrogen-bond acceptors (Lipinski definition) is 8. The molecule has 6 rings (SSSR count). The highest BCUT2D eigenvalue weighted by atomic mass is 16.5. The number of nitrogens with zero attached hydrogens (tertiary/aromatic N) is 5. The Balaban J connectivity index is 1.22. The van der Waals surface area contributed by atoms with Gasteiger partial charge in [-0.15, -0.1) is 0 Å². The van der Waals surface area contributed by atoms with Crippen molar-refractivity contribution in [2.24, 2.45) is 10.7 Å². The van der Waals surface area contributed by atoms with Gasteiger partial charge in [0.2, 0.25) is 5.95 Å². The van der Waals surface area contributed by atoms with Crippen LogP contribution in [0.1, 0.15) is 38.3 Å². The quantitative estimate of drug-likeness (QED) is 0.367. The Morgan fingerprint density at radius 2 is 1.67 bits per heavy atom. The summed E-state index contributed by atoms with van der Waals surface area (Å²) in [7, 11) is 1.25. The van der Waals surface area contributed by atoms with Crippen molar-refractivity contribution in [3.63, 3.8) is 0 Å². The summed E-state index contributed by atoms with van der Waals surface area (Å²) in [6, 6.07) is 25.9. The second kappa shape index (κ2) is 10.8. The zero-order valence-electron chi connectivity index (χ0n) is 22.7. The second-order valence-corrected chi connectivity index (χ2v) is 9.95. The van der Waals surface area contributed by atoms with E-state index < -0.39 is 11.6 Å². The molecule has 0 spiro atoms. The van der Waals surface area contributed by atoms with Gasteiger partial charge in [0.05, 0.1) is 25.9 Å². The number of aliphatic imine (C=N–C) groups is 1. The number of carbonyl (C=O) groups is 3. The van der Waals surface area contributed by atoms with Gasteiger partial charge in [-0.1, -0.05) is 72.8 Å². The number of methoxy groups -OCH3 is 1. The Kier molecular flexibility index (Phi) is 6.83. The topological polar surface area (TPSA) is 143 Å². The maximum Gasteiger partial charge on any atom is 0.413 e. The Morgan fingerprint density at radius 1 is 0.976 bits per heavy atom. The molecule has 42 heavy (non-hydrogen) atoms. The number of hydrogen-bond donors (Lipinski definition) is 2. The average molecular weight is 562 g/mol. The van der Waals surface area contributed by atoms with Crippen LogP contribution in [-0.2, 0) is 34.7 Å². The largest absolute Gasteiger partial charge is 0.453 e. The minimum Gasteiger partial charge on any atom is -0.453 e. The van der Waals surface area contributed by atoms with E-state index in [1.54, 1.807) is 29.3 Å². The maximum absolute atomic E-state index is 14.1. The molecule has 0 fully saturated rings. The lowest BCUT2D eigenvalue weighted by atomic mass is 9.83. The molecule has 3 amide bonds. The summed E-state index contributed by atoms with van der Waals surface area (Å²) >= 11 is 0. The molecule has 4 aromatic rings. The number of benzene rings is 3. The number of carbonyl (C=O) groups excluding carboxylic acids is 3. The first-order valence-corrected chi connectivity index (χ1v) is 13.3. The molecule has 0 saturated carbocycles. The van der Waals surface area contributed by atoms with Crippen LogP contribution in [0.3, 0.4) is 0 Å². The van der Waals surface area contributed by atoms with Crippen LogP contribution >= 0.6 is 0 Å². The highest BCUT2D eigenvalue weighted by Crippen LogP contribution is 2.40.